The number of ether oxygens (including phenoxy) is 1. The predicted molar refractivity (Wildman–Crippen MR) is 73.3 cm³/mol. The first-order valence-corrected chi connectivity index (χ1v) is 6.29. The minimum Gasteiger partial charge on any atom is -0.491 e. The summed E-state index contributed by atoms with van der Waals surface area (Å²) < 4.78 is 7.50. The molecule has 20 heavy (non-hydrogen) atoms. The van der Waals surface area contributed by atoms with E-state index in [2.05, 4.69) is 0 Å². The summed E-state index contributed by atoms with van der Waals surface area (Å²) >= 11 is 0. The number of rotatable bonds is 1. The molecule has 0 spiro atoms. The van der Waals surface area contributed by atoms with Crippen molar-refractivity contribution in [3.63, 3.8) is 0 Å². The second-order valence-electron chi connectivity index (χ2n) is 4.81. The van der Waals surface area contributed by atoms with Gasteiger partial charge in [-0.2, -0.15) is 0 Å². The van der Waals surface area contributed by atoms with Gasteiger partial charge in [-0.05, 0) is 19.1 Å². The summed E-state index contributed by atoms with van der Waals surface area (Å²) in [5.41, 5.74) is 0.763. The molecular formula is C15H13NO4. The fourth-order valence-corrected chi connectivity index (χ4v) is 2.39. The van der Waals surface area contributed by atoms with Crippen LogP contribution in [0.1, 0.15) is 23.3 Å². The predicted octanol–water partition coefficient (Wildman–Crippen LogP) is 2.17. The third-order valence-corrected chi connectivity index (χ3v) is 3.43. The number of pyridine rings is 1. The van der Waals surface area contributed by atoms with E-state index in [0.717, 1.165) is 5.56 Å². The van der Waals surface area contributed by atoms with Crippen LogP contribution in [0, 0.1) is 0 Å². The van der Waals surface area contributed by atoms with E-state index in [1.54, 1.807) is 4.57 Å². The van der Waals surface area contributed by atoms with Crippen molar-refractivity contribution in [1.29, 1.82) is 0 Å². The molecule has 0 saturated heterocycles. The van der Waals surface area contributed by atoms with Crippen LogP contribution in [-0.2, 0) is 0 Å². The average Bonchev–Trinajstić information content (AvgIpc) is 2.56. The van der Waals surface area contributed by atoms with E-state index in [-0.39, 0.29) is 11.6 Å². The zero-order valence-electron chi connectivity index (χ0n) is 10.9. The topological polar surface area (TPSA) is 68.5 Å². The second kappa shape index (κ2) is 4.52. The number of carboxylic acids is 1. The zero-order chi connectivity index (χ0) is 14.3. The lowest BCUT2D eigenvalue weighted by atomic mass is 10.1. The molecule has 1 unspecified atom stereocenters. The number of nitrogens with zero attached hydrogens (tertiary/aromatic N) is 1. The van der Waals surface area contributed by atoms with Crippen LogP contribution in [0.25, 0.3) is 11.3 Å². The van der Waals surface area contributed by atoms with Crippen molar-refractivity contribution in [2.45, 2.75) is 13.0 Å². The zero-order valence-corrected chi connectivity index (χ0v) is 10.9. The van der Waals surface area contributed by atoms with Crippen molar-refractivity contribution in [2.75, 3.05) is 6.61 Å². The van der Waals surface area contributed by atoms with E-state index in [1.807, 2.05) is 31.2 Å². The van der Waals surface area contributed by atoms with Gasteiger partial charge < -0.3 is 14.4 Å². The maximum Gasteiger partial charge on any atom is 0.341 e. The number of fused-ring (bicyclic) bond motifs is 3. The Morgan fingerprint density at radius 1 is 1.40 bits per heavy atom. The highest BCUT2D eigenvalue weighted by Gasteiger charge is 2.21. The second-order valence-corrected chi connectivity index (χ2v) is 4.81. The van der Waals surface area contributed by atoms with E-state index < -0.39 is 11.4 Å². The lowest BCUT2D eigenvalue weighted by Gasteiger charge is -2.16. The Kier molecular flexibility index (Phi) is 2.82. The van der Waals surface area contributed by atoms with E-state index in [4.69, 9.17) is 9.84 Å². The summed E-state index contributed by atoms with van der Waals surface area (Å²) in [6.07, 6.45) is 1.40. The fraction of sp³-hybridized carbons (Fsp3) is 0.200. The van der Waals surface area contributed by atoms with Crippen molar-refractivity contribution < 1.29 is 14.6 Å². The molecule has 0 fully saturated rings. The number of aromatic carboxylic acids is 1. The number of carboxylic acid groups (broad SMARTS) is 1. The average molecular weight is 271 g/mol. The molecule has 0 aliphatic carbocycles. The van der Waals surface area contributed by atoms with Crippen LogP contribution in [0.3, 0.4) is 0 Å². The van der Waals surface area contributed by atoms with E-state index >= 15 is 0 Å². The molecule has 0 bridgehead atoms. The largest absolute Gasteiger partial charge is 0.491 e. The van der Waals surface area contributed by atoms with Gasteiger partial charge in [0, 0.05) is 17.8 Å². The number of hydrogen-bond donors (Lipinski definition) is 1. The molecule has 2 aromatic rings. The number of hydrogen-bond acceptors (Lipinski definition) is 3. The maximum absolute atomic E-state index is 11.9. The van der Waals surface area contributed by atoms with E-state index in [0.29, 0.717) is 18.1 Å². The maximum atomic E-state index is 11.9. The molecule has 5 heteroatoms. The highest BCUT2D eigenvalue weighted by molar-refractivity contribution is 5.87. The Morgan fingerprint density at radius 3 is 2.90 bits per heavy atom. The molecule has 0 radical (unpaired) electrons. The standard InChI is InChI=1S/C15H13NO4/c1-9-8-20-14-5-3-2-4-10(14)12-6-13(17)11(15(18)19)7-16(9)12/h2-7,9H,8H2,1H3,(H,18,19). The van der Waals surface area contributed by atoms with Gasteiger partial charge in [0.1, 0.15) is 17.9 Å². The van der Waals surface area contributed by atoms with Crippen LogP contribution in [-0.4, -0.2) is 22.2 Å². The molecule has 0 saturated carbocycles. The summed E-state index contributed by atoms with van der Waals surface area (Å²) in [4.78, 5) is 23.0. The molecule has 1 aliphatic heterocycles. The Bertz CT molecular complexity index is 748. The van der Waals surface area contributed by atoms with Crippen LogP contribution < -0.4 is 10.2 Å². The molecule has 102 valence electrons. The molecule has 1 N–H and O–H groups in total. The van der Waals surface area contributed by atoms with Crippen LogP contribution in [0.5, 0.6) is 5.75 Å². The van der Waals surface area contributed by atoms with Gasteiger partial charge in [-0.25, -0.2) is 4.79 Å². The fourth-order valence-electron chi connectivity index (χ4n) is 2.39. The summed E-state index contributed by atoms with van der Waals surface area (Å²) in [5.74, 6) is -0.510. The summed E-state index contributed by atoms with van der Waals surface area (Å²) in [6.45, 7) is 2.34. The van der Waals surface area contributed by atoms with Gasteiger partial charge in [-0.15, -0.1) is 0 Å². The smallest absolute Gasteiger partial charge is 0.341 e. The van der Waals surface area contributed by atoms with Gasteiger partial charge in [-0.1, -0.05) is 12.1 Å². The van der Waals surface area contributed by atoms with Gasteiger partial charge >= 0.3 is 5.97 Å². The molecule has 1 atom stereocenters. The Hall–Kier alpha value is -2.56. The van der Waals surface area contributed by atoms with Crippen LogP contribution in [0.2, 0.25) is 0 Å². The number of carbonyl (C=O) groups is 1. The SMILES string of the molecule is CC1COc2ccccc2-c2cc(=O)c(C(=O)O)cn21. The molecule has 2 heterocycles. The first kappa shape index (κ1) is 12.5. The first-order valence-electron chi connectivity index (χ1n) is 6.29. The lowest BCUT2D eigenvalue weighted by Crippen LogP contribution is -2.21. The van der Waals surface area contributed by atoms with Gasteiger partial charge in [0.25, 0.3) is 0 Å². The van der Waals surface area contributed by atoms with Crippen molar-refractivity contribution in [3.8, 4) is 17.0 Å². The lowest BCUT2D eigenvalue weighted by molar-refractivity contribution is 0.0694. The van der Waals surface area contributed by atoms with Crippen molar-refractivity contribution in [3.05, 3.63) is 52.3 Å². The molecular weight excluding hydrogens is 258 g/mol. The number of para-hydroxylation sites is 1. The summed E-state index contributed by atoms with van der Waals surface area (Å²) in [5, 5.41) is 9.07. The highest BCUT2D eigenvalue weighted by atomic mass is 16.5. The summed E-state index contributed by atoms with van der Waals surface area (Å²) in [7, 11) is 0. The molecule has 3 rings (SSSR count). The Labute approximate surface area is 115 Å². The van der Waals surface area contributed by atoms with Gasteiger partial charge in [0.05, 0.1) is 11.7 Å². The highest BCUT2D eigenvalue weighted by Crippen LogP contribution is 2.34. The van der Waals surface area contributed by atoms with Gasteiger partial charge in [0.15, 0.2) is 5.43 Å². The third kappa shape index (κ3) is 1.87. The quantitative estimate of drug-likeness (QED) is 0.863. The number of aromatic nitrogens is 1. The van der Waals surface area contributed by atoms with Crippen LogP contribution in [0.15, 0.2) is 41.3 Å². The minimum atomic E-state index is -1.21. The molecule has 1 aromatic carbocycles. The first-order chi connectivity index (χ1) is 9.58. The minimum absolute atomic E-state index is 0.0592. The third-order valence-electron chi connectivity index (χ3n) is 3.43. The van der Waals surface area contributed by atoms with Gasteiger partial charge in [0.2, 0.25) is 0 Å². The summed E-state index contributed by atoms with van der Waals surface area (Å²) in [6, 6.07) is 8.73. The number of benzene rings is 1. The van der Waals surface area contributed by atoms with Crippen LogP contribution >= 0.6 is 0 Å². The molecule has 5 nitrogen and oxygen atoms in total. The monoisotopic (exact) mass is 271 g/mol. The molecule has 1 aromatic heterocycles. The van der Waals surface area contributed by atoms with Crippen molar-refractivity contribution >= 4 is 5.97 Å². The Balaban J connectivity index is 2.32. The van der Waals surface area contributed by atoms with Crippen molar-refractivity contribution in [1.82, 2.24) is 4.57 Å². The normalized spacial score (nSPS) is 16.6. The van der Waals surface area contributed by atoms with E-state index in [1.165, 1.54) is 12.3 Å². The Morgan fingerprint density at radius 2 is 2.15 bits per heavy atom. The van der Waals surface area contributed by atoms with Gasteiger partial charge in [-0.3, -0.25) is 4.79 Å². The van der Waals surface area contributed by atoms with E-state index in [9.17, 15) is 9.59 Å². The van der Waals surface area contributed by atoms with Crippen molar-refractivity contribution in [2.24, 2.45) is 0 Å². The van der Waals surface area contributed by atoms with Crippen LogP contribution in [0.4, 0.5) is 0 Å². The molecule has 1 aliphatic rings. The molecule has 0 amide bonds.